The van der Waals surface area contributed by atoms with E-state index in [2.05, 4.69) is 43.4 Å². The standard InChI is InChI=1S/C24H32N2O3/c1-5-18-8-10-19(11-9-18)17(2)25-16-24(27)26-14-6-7-22(26)21-15-20(28-3)12-13-23(21)29-4/h8-13,15,17,22,25H,5-7,14,16H2,1-4H3. The average Bonchev–Trinajstić information content (AvgIpc) is 3.26. The van der Waals surface area contributed by atoms with Crippen LogP contribution in [0.1, 0.15) is 55.5 Å². The van der Waals surface area contributed by atoms with Gasteiger partial charge in [0, 0.05) is 18.2 Å². The molecule has 0 spiro atoms. The maximum absolute atomic E-state index is 13.0. The van der Waals surface area contributed by atoms with Gasteiger partial charge in [-0.1, -0.05) is 31.2 Å². The average molecular weight is 397 g/mol. The minimum absolute atomic E-state index is 0.0218. The Hall–Kier alpha value is -2.53. The van der Waals surface area contributed by atoms with E-state index < -0.39 is 0 Å². The van der Waals surface area contributed by atoms with Gasteiger partial charge in [0.25, 0.3) is 0 Å². The molecule has 0 bridgehead atoms. The first-order chi connectivity index (χ1) is 14.1. The molecule has 1 aliphatic heterocycles. The van der Waals surface area contributed by atoms with E-state index in [4.69, 9.17) is 9.47 Å². The minimum atomic E-state index is 0.0218. The second kappa shape index (κ2) is 9.79. The van der Waals surface area contributed by atoms with Gasteiger partial charge in [0.15, 0.2) is 0 Å². The molecular weight excluding hydrogens is 364 g/mol. The van der Waals surface area contributed by atoms with Crippen molar-refractivity contribution in [3.8, 4) is 11.5 Å². The van der Waals surface area contributed by atoms with Crippen molar-refractivity contribution in [1.82, 2.24) is 10.2 Å². The zero-order valence-corrected chi connectivity index (χ0v) is 17.9. The van der Waals surface area contributed by atoms with Crippen LogP contribution < -0.4 is 14.8 Å². The van der Waals surface area contributed by atoms with Crippen LogP contribution in [0.3, 0.4) is 0 Å². The Balaban J connectivity index is 1.67. The van der Waals surface area contributed by atoms with Crippen LogP contribution in [0, 0.1) is 0 Å². The number of hydrogen-bond donors (Lipinski definition) is 1. The third-order valence-electron chi connectivity index (χ3n) is 5.82. The van der Waals surface area contributed by atoms with Crippen LogP contribution in [0.25, 0.3) is 0 Å². The molecule has 1 saturated heterocycles. The molecule has 1 N–H and O–H groups in total. The van der Waals surface area contributed by atoms with E-state index in [1.165, 1.54) is 11.1 Å². The van der Waals surface area contributed by atoms with Gasteiger partial charge in [-0.15, -0.1) is 0 Å². The predicted octanol–water partition coefficient (Wildman–Crippen LogP) is 4.28. The van der Waals surface area contributed by atoms with Crippen LogP contribution >= 0.6 is 0 Å². The molecule has 1 aliphatic rings. The number of carbonyl (C=O) groups is 1. The third-order valence-corrected chi connectivity index (χ3v) is 5.82. The normalized spacial score (nSPS) is 17.2. The van der Waals surface area contributed by atoms with Crippen LogP contribution in [-0.2, 0) is 11.2 Å². The van der Waals surface area contributed by atoms with E-state index in [9.17, 15) is 4.79 Å². The van der Waals surface area contributed by atoms with Gasteiger partial charge < -0.3 is 19.7 Å². The summed E-state index contributed by atoms with van der Waals surface area (Å²) in [7, 11) is 3.32. The number of likely N-dealkylation sites (tertiary alicyclic amines) is 1. The van der Waals surface area contributed by atoms with Crippen LogP contribution in [0.2, 0.25) is 0 Å². The highest BCUT2D eigenvalue weighted by Gasteiger charge is 2.32. The highest BCUT2D eigenvalue weighted by atomic mass is 16.5. The summed E-state index contributed by atoms with van der Waals surface area (Å²) >= 11 is 0. The molecule has 1 fully saturated rings. The van der Waals surface area contributed by atoms with Crippen molar-refractivity contribution in [2.75, 3.05) is 27.3 Å². The van der Waals surface area contributed by atoms with Gasteiger partial charge in [-0.05, 0) is 55.5 Å². The second-order valence-corrected chi connectivity index (χ2v) is 7.55. The Morgan fingerprint density at radius 3 is 2.59 bits per heavy atom. The number of methoxy groups -OCH3 is 2. The lowest BCUT2D eigenvalue weighted by Gasteiger charge is -2.27. The van der Waals surface area contributed by atoms with E-state index in [1.807, 2.05) is 23.1 Å². The number of nitrogens with one attached hydrogen (secondary N) is 1. The van der Waals surface area contributed by atoms with Gasteiger partial charge >= 0.3 is 0 Å². The number of benzene rings is 2. The monoisotopic (exact) mass is 396 g/mol. The van der Waals surface area contributed by atoms with Gasteiger partial charge in [-0.25, -0.2) is 0 Å². The van der Waals surface area contributed by atoms with E-state index in [1.54, 1.807) is 14.2 Å². The van der Waals surface area contributed by atoms with Gasteiger partial charge in [-0.2, -0.15) is 0 Å². The summed E-state index contributed by atoms with van der Waals surface area (Å²) in [6.07, 6.45) is 2.96. The van der Waals surface area contributed by atoms with Crippen molar-refractivity contribution in [3.63, 3.8) is 0 Å². The zero-order chi connectivity index (χ0) is 20.8. The lowest BCUT2D eigenvalue weighted by molar-refractivity contribution is -0.131. The molecule has 2 aromatic carbocycles. The Morgan fingerprint density at radius 2 is 1.93 bits per heavy atom. The molecule has 5 nitrogen and oxygen atoms in total. The number of nitrogens with zero attached hydrogens (tertiary/aromatic N) is 1. The van der Waals surface area contributed by atoms with Crippen molar-refractivity contribution in [1.29, 1.82) is 0 Å². The smallest absolute Gasteiger partial charge is 0.237 e. The van der Waals surface area contributed by atoms with Crippen molar-refractivity contribution < 1.29 is 14.3 Å². The molecule has 0 radical (unpaired) electrons. The molecule has 2 unspecified atom stereocenters. The lowest BCUT2D eigenvalue weighted by atomic mass is 10.0. The third kappa shape index (κ3) is 4.91. The van der Waals surface area contributed by atoms with Gasteiger partial charge in [0.05, 0.1) is 26.8 Å². The molecular formula is C24H32N2O3. The van der Waals surface area contributed by atoms with Crippen molar-refractivity contribution >= 4 is 5.91 Å². The SMILES string of the molecule is CCc1ccc(C(C)NCC(=O)N2CCCC2c2cc(OC)ccc2OC)cc1. The van der Waals surface area contributed by atoms with Crippen molar-refractivity contribution in [2.45, 2.75) is 45.2 Å². The summed E-state index contributed by atoms with van der Waals surface area (Å²) in [6, 6.07) is 14.5. The number of amides is 1. The van der Waals surface area contributed by atoms with Gasteiger partial charge in [0.1, 0.15) is 11.5 Å². The number of carbonyl (C=O) groups excluding carboxylic acids is 1. The Kier molecular flexibility index (Phi) is 7.15. The molecule has 0 aromatic heterocycles. The molecule has 2 atom stereocenters. The van der Waals surface area contributed by atoms with Crippen LogP contribution in [-0.4, -0.2) is 38.1 Å². The van der Waals surface area contributed by atoms with Crippen molar-refractivity contribution in [3.05, 3.63) is 59.2 Å². The summed E-state index contributed by atoms with van der Waals surface area (Å²) in [6.45, 7) is 5.34. The number of aryl methyl sites for hydroxylation is 1. The molecule has 3 rings (SSSR count). The first-order valence-corrected chi connectivity index (χ1v) is 10.4. The van der Waals surface area contributed by atoms with Gasteiger partial charge in [-0.3, -0.25) is 4.79 Å². The fourth-order valence-corrected chi connectivity index (χ4v) is 3.99. The predicted molar refractivity (Wildman–Crippen MR) is 115 cm³/mol. The Labute approximate surface area is 174 Å². The largest absolute Gasteiger partial charge is 0.497 e. The minimum Gasteiger partial charge on any atom is -0.497 e. The molecule has 0 saturated carbocycles. The fourth-order valence-electron chi connectivity index (χ4n) is 3.99. The Morgan fingerprint density at radius 1 is 1.17 bits per heavy atom. The highest BCUT2D eigenvalue weighted by molar-refractivity contribution is 5.79. The van der Waals surface area contributed by atoms with E-state index in [-0.39, 0.29) is 18.0 Å². The van der Waals surface area contributed by atoms with E-state index >= 15 is 0 Å². The molecule has 29 heavy (non-hydrogen) atoms. The lowest BCUT2D eigenvalue weighted by Crippen LogP contribution is -2.38. The number of rotatable bonds is 8. The molecule has 5 heteroatoms. The van der Waals surface area contributed by atoms with Crippen LogP contribution in [0.4, 0.5) is 0 Å². The highest BCUT2D eigenvalue weighted by Crippen LogP contribution is 2.38. The molecule has 1 amide bonds. The zero-order valence-electron chi connectivity index (χ0n) is 17.9. The maximum atomic E-state index is 13.0. The quantitative estimate of drug-likeness (QED) is 0.724. The summed E-state index contributed by atoms with van der Waals surface area (Å²) in [4.78, 5) is 15.0. The molecule has 1 heterocycles. The number of ether oxygens (including phenoxy) is 2. The Bertz CT molecular complexity index is 819. The summed E-state index contributed by atoms with van der Waals surface area (Å²) < 4.78 is 10.9. The molecule has 0 aliphatic carbocycles. The van der Waals surface area contributed by atoms with E-state index in [0.29, 0.717) is 6.54 Å². The van der Waals surface area contributed by atoms with Gasteiger partial charge in [0.2, 0.25) is 5.91 Å². The van der Waals surface area contributed by atoms with E-state index in [0.717, 1.165) is 42.9 Å². The molecule has 2 aromatic rings. The maximum Gasteiger partial charge on any atom is 0.237 e. The summed E-state index contributed by atoms with van der Waals surface area (Å²) in [5.41, 5.74) is 3.53. The number of hydrogen-bond acceptors (Lipinski definition) is 4. The second-order valence-electron chi connectivity index (χ2n) is 7.55. The van der Waals surface area contributed by atoms with Crippen molar-refractivity contribution in [2.24, 2.45) is 0 Å². The fraction of sp³-hybridized carbons (Fsp3) is 0.458. The summed E-state index contributed by atoms with van der Waals surface area (Å²) in [5, 5.41) is 3.39. The molecule has 156 valence electrons. The first-order valence-electron chi connectivity index (χ1n) is 10.4. The first kappa shape index (κ1) is 21.2. The topological polar surface area (TPSA) is 50.8 Å². The van der Waals surface area contributed by atoms with Crippen LogP contribution in [0.15, 0.2) is 42.5 Å². The van der Waals surface area contributed by atoms with Crippen LogP contribution in [0.5, 0.6) is 11.5 Å². The summed E-state index contributed by atoms with van der Waals surface area (Å²) in [5.74, 6) is 1.70.